The summed E-state index contributed by atoms with van der Waals surface area (Å²) < 4.78 is 17.7. The number of nitrogens with one attached hydrogen (secondary N) is 1. The molecule has 9 heteroatoms. The number of nitrogens with zero attached hydrogens (tertiary/aromatic N) is 4. The van der Waals surface area contributed by atoms with Crippen molar-refractivity contribution in [3.8, 4) is 28.7 Å². The van der Waals surface area contributed by atoms with Crippen LogP contribution in [0, 0.1) is 0 Å². The van der Waals surface area contributed by atoms with Crippen molar-refractivity contribution < 1.29 is 19.3 Å². The second kappa shape index (κ2) is 8.56. The van der Waals surface area contributed by atoms with E-state index in [1.54, 1.807) is 16.8 Å². The normalized spacial score (nSPS) is 13.2. The Balaban J connectivity index is 1.53. The van der Waals surface area contributed by atoms with Crippen LogP contribution in [0.15, 0.2) is 66.7 Å². The van der Waals surface area contributed by atoms with Gasteiger partial charge in [-0.05, 0) is 45.8 Å². The number of aromatic nitrogens is 4. The van der Waals surface area contributed by atoms with Gasteiger partial charge < -0.3 is 19.3 Å². The number of methoxy groups -OCH3 is 1. The fraction of sp³-hybridized carbons (Fsp3) is 0.174. The fourth-order valence-corrected chi connectivity index (χ4v) is 3.64. The molecule has 1 aromatic heterocycles. The predicted octanol–water partition coefficient (Wildman–Crippen LogP) is 2.98. The molecule has 1 aliphatic rings. The first kappa shape index (κ1) is 19.8. The van der Waals surface area contributed by atoms with Gasteiger partial charge in [0.15, 0.2) is 28.8 Å². The molecule has 0 spiro atoms. The van der Waals surface area contributed by atoms with Crippen LogP contribution >= 0.6 is 0 Å². The van der Waals surface area contributed by atoms with E-state index in [9.17, 15) is 5.11 Å². The van der Waals surface area contributed by atoms with Crippen LogP contribution in [-0.2, 0) is 6.54 Å². The minimum atomic E-state index is -0.410. The first-order valence-electron chi connectivity index (χ1n) is 10.1. The van der Waals surface area contributed by atoms with Crippen molar-refractivity contribution in [3.05, 3.63) is 83.7 Å². The van der Waals surface area contributed by atoms with Gasteiger partial charge in [-0.2, -0.15) is 4.68 Å². The van der Waals surface area contributed by atoms with Gasteiger partial charge in [0.25, 0.3) is 0 Å². The van der Waals surface area contributed by atoms with Crippen molar-refractivity contribution in [3.63, 3.8) is 0 Å². The minimum Gasteiger partial charge on any atom is -0.504 e. The fourth-order valence-electron chi connectivity index (χ4n) is 3.64. The molecule has 1 unspecified atom stereocenters. The molecule has 5 rings (SSSR count). The van der Waals surface area contributed by atoms with Crippen molar-refractivity contribution in [2.75, 3.05) is 13.9 Å². The lowest BCUT2D eigenvalue weighted by molar-refractivity contribution is 0.174. The maximum atomic E-state index is 10.4. The average Bonchev–Trinajstić information content (AvgIpc) is 3.49. The summed E-state index contributed by atoms with van der Waals surface area (Å²) in [5.74, 6) is 2.32. The highest BCUT2D eigenvalue weighted by Gasteiger charge is 2.24. The largest absolute Gasteiger partial charge is 0.504 e. The van der Waals surface area contributed by atoms with Gasteiger partial charge in [-0.1, -0.05) is 36.4 Å². The quantitative estimate of drug-likeness (QED) is 0.460. The number of hydrogen-bond acceptors (Lipinski definition) is 8. The molecule has 2 N–H and O–H groups in total. The van der Waals surface area contributed by atoms with Crippen LogP contribution in [0.4, 0.5) is 0 Å². The zero-order valence-electron chi connectivity index (χ0n) is 17.3. The first-order chi connectivity index (χ1) is 15.7. The van der Waals surface area contributed by atoms with E-state index >= 15 is 0 Å². The van der Waals surface area contributed by atoms with Gasteiger partial charge in [-0.25, -0.2) is 0 Å². The Hall–Kier alpha value is -4.11. The second-order valence-electron chi connectivity index (χ2n) is 7.22. The van der Waals surface area contributed by atoms with E-state index in [1.807, 2.05) is 54.6 Å². The van der Waals surface area contributed by atoms with Crippen LogP contribution in [0.2, 0.25) is 0 Å². The van der Waals surface area contributed by atoms with Crippen LogP contribution in [0.5, 0.6) is 23.0 Å². The number of phenolic OH excluding ortho intramolecular Hbond substituents is 1. The highest BCUT2D eigenvalue weighted by Crippen LogP contribution is 2.35. The molecule has 32 heavy (non-hydrogen) atoms. The van der Waals surface area contributed by atoms with E-state index in [1.165, 1.54) is 7.11 Å². The zero-order chi connectivity index (χ0) is 21.9. The monoisotopic (exact) mass is 431 g/mol. The highest BCUT2D eigenvalue weighted by molar-refractivity contribution is 5.50. The van der Waals surface area contributed by atoms with Crippen LogP contribution in [0.3, 0.4) is 0 Å². The number of benzene rings is 3. The Labute approximate surface area is 184 Å². The van der Waals surface area contributed by atoms with Crippen LogP contribution in [0.25, 0.3) is 5.69 Å². The SMILES string of the molecule is COc1ccc(C(NCc2ccccc2)c2nnnn2-c2ccc3c(c2)OCO3)cc1O. The number of ether oxygens (including phenoxy) is 3. The summed E-state index contributed by atoms with van der Waals surface area (Å²) in [5, 5.41) is 26.3. The lowest BCUT2D eigenvalue weighted by atomic mass is 10.0. The summed E-state index contributed by atoms with van der Waals surface area (Å²) in [5.41, 5.74) is 2.63. The summed E-state index contributed by atoms with van der Waals surface area (Å²) in [7, 11) is 1.51. The molecule has 9 nitrogen and oxygen atoms in total. The Kier molecular flexibility index (Phi) is 5.30. The summed E-state index contributed by atoms with van der Waals surface area (Å²) >= 11 is 0. The molecule has 0 aliphatic carbocycles. The van der Waals surface area contributed by atoms with E-state index in [0.29, 0.717) is 29.6 Å². The number of tetrazole rings is 1. The number of aromatic hydroxyl groups is 1. The molecule has 4 aromatic rings. The van der Waals surface area contributed by atoms with Gasteiger partial charge in [0.05, 0.1) is 18.8 Å². The maximum Gasteiger partial charge on any atom is 0.231 e. The predicted molar refractivity (Wildman–Crippen MR) is 115 cm³/mol. The van der Waals surface area contributed by atoms with Gasteiger partial charge in [0.2, 0.25) is 6.79 Å². The Morgan fingerprint density at radius 2 is 1.91 bits per heavy atom. The minimum absolute atomic E-state index is 0.0404. The summed E-state index contributed by atoms with van der Waals surface area (Å²) in [6, 6.07) is 20.4. The lowest BCUT2D eigenvalue weighted by Gasteiger charge is -2.20. The third kappa shape index (κ3) is 3.81. The molecular weight excluding hydrogens is 410 g/mol. The molecule has 0 fully saturated rings. The Bertz CT molecular complexity index is 1230. The summed E-state index contributed by atoms with van der Waals surface area (Å²) in [6.45, 7) is 0.764. The molecular formula is C23H21N5O4. The summed E-state index contributed by atoms with van der Waals surface area (Å²) in [6.07, 6.45) is 0. The topological polar surface area (TPSA) is 104 Å². The average molecular weight is 431 g/mol. The van der Waals surface area contributed by atoms with Crippen molar-refractivity contribution in [1.82, 2.24) is 25.5 Å². The van der Waals surface area contributed by atoms with Crippen molar-refractivity contribution in [2.45, 2.75) is 12.6 Å². The van der Waals surface area contributed by atoms with E-state index < -0.39 is 6.04 Å². The van der Waals surface area contributed by atoms with Gasteiger partial charge >= 0.3 is 0 Å². The van der Waals surface area contributed by atoms with Gasteiger partial charge in [0, 0.05) is 12.6 Å². The maximum absolute atomic E-state index is 10.4. The van der Waals surface area contributed by atoms with Crippen molar-refractivity contribution in [2.24, 2.45) is 0 Å². The van der Waals surface area contributed by atoms with Crippen LogP contribution in [0.1, 0.15) is 23.0 Å². The van der Waals surface area contributed by atoms with E-state index in [0.717, 1.165) is 16.8 Å². The van der Waals surface area contributed by atoms with Crippen molar-refractivity contribution >= 4 is 0 Å². The van der Waals surface area contributed by atoms with Gasteiger partial charge in [-0.3, -0.25) is 5.32 Å². The molecule has 162 valence electrons. The number of fused-ring (bicyclic) bond motifs is 1. The van der Waals surface area contributed by atoms with E-state index in [2.05, 4.69) is 20.8 Å². The second-order valence-corrected chi connectivity index (χ2v) is 7.22. The molecule has 0 amide bonds. The number of phenols is 1. The molecule has 2 heterocycles. The molecule has 1 atom stereocenters. The van der Waals surface area contributed by atoms with E-state index in [4.69, 9.17) is 14.2 Å². The summed E-state index contributed by atoms with van der Waals surface area (Å²) in [4.78, 5) is 0. The van der Waals surface area contributed by atoms with E-state index in [-0.39, 0.29) is 12.5 Å². The Morgan fingerprint density at radius 1 is 1.06 bits per heavy atom. The van der Waals surface area contributed by atoms with Crippen LogP contribution in [-0.4, -0.2) is 39.2 Å². The molecule has 3 aromatic carbocycles. The molecule has 0 saturated carbocycles. The molecule has 1 aliphatic heterocycles. The third-order valence-electron chi connectivity index (χ3n) is 5.24. The Morgan fingerprint density at radius 3 is 2.72 bits per heavy atom. The third-order valence-corrected chi connectivity index (χ3v) is 5.24. The van der Waals surface area contributed by atoms with Gasteiger partial charge in [-0.15, -0.1) is 5.10 Å². The first-order valence-corrected chi connectivity index (χ1v) is 10.1. The molecule has 0 radical (unpaired) electrons. The lowest BCUT2D eigenvalue weighted by Crippen LogP contribution is -2.25. The molecule has 0 saturated heterocycles. The van der Waals surface area contributed by atoms with Gasteiger partial charge in [0.1, 0.15) is 0 Å². The smallest absolute Gasteiger partial charge is 0.231 e. The van der Waals surface area contributed by atoms with Crippen LogP contribution < -0.4 is 19.5 Å². The molecule has 0 bridgehead atoms. The number of hydrogen-bond donors (Lipinski definition) is 2. The number of rotatable bonds is 7. The zero-order valence-corrected chi connectivity index (χ0v) is 17.3. The standard InChI is InChI=1S/C23H21N5O4/c1-30-19-9-7-16(11-18(19)29)22(24-13-15-5-3-2-4-6-15)23-25-26-27-28(23)17-8-10-20-21(12-17)32-14-31-20/h2-12,22,24,29H,13-14H2,1H3. The highest BCUT2D eigenvalue weighted by atomic mass is 16.7. The van der Waals surface area contributed by atoms with Crippen molar-refractivity contribution in [1.29, 1.82) is 0 Å².